The molecule has 2 aliphatic carbocycles. The van der Waals surface area contributed by atoms with Gasteiger partial charge >= 0.3 is 0 Å². The number of fused-ring (bicyclic) bond motifs is 2. The Morgan fingerprint density at radius 2 is 1.28 bits per heavy atom. The Morgan fingerprint density at radius 3 is 1.76 bits per heavy atom. The van der Waals surface area contributed by atoms with E-state index in [9.17, 15) is 9.59 Å². The second-order valence-electron chi connectivity index (χ2n) is 11.7. The van der Waals surface area contributed by atoms with E-state index in [1.165, 1.54) is 6.33 Å². The molecule has 0 aliphatic heterocycles. The van der Waals surface area contributed by atoms with Gasteiger partial charge in [0.05, 0.1) is 6.04 Å². The summed E-state index contributed by atoms with van der Waals surface area (Å²) < 4.78 is 9.33. The highest BCUT2D eigenvalue weighted by Gasteiger charge is 2.29. The van der Waals surface area contributed by atoms with E-state index in [0.29, 0.717) is 33.2 Å². The standard InChI is InChI=1S/C15H17N7O2.C14H16N6O2/c1-21(11-3-5-12(6-4-11)22-17-9-16-20-22)15(23)10-2-7-13-14(8-10)19-24-18-13;1-20(11-5-3-10(4-6-11)16-19-15)14(21)9-2-7-12-13(8-9)18-22-17-12/h2,7-9,11-12H,3-6H2,1H3;2,7-8,10-11H,3-6H2,1H3. The SMILES string of the molecule is CN(C(=O)c1ccc2nonc2c1)C1CCC(N=[N+]=[N-])CC1.CN(C(=O)c1ccc2nonc2c1)C1CCC(n2ncnn2)CC1. The van der Waals surface area contributed by atoms with Crippen LogP contribution >= 0.6 is 0 Å². The van der Waals surface area contributed by atoms with Gasteiger partial charge in [-0.15, -0.1) is 10.2 Å². The first kappa shape index (κ1) is 30.6. The van der Waals surface area contributed by atoms with Crippen LogP contribution < -0.4 is 0 Å². The topological polar surface area (TPSA) is 211 Å². The molecule has 2 fully saturated rings. The number of carbonyl (C=O) groups excluding carboxylic acids is 2. The smallest absolute Gasteiger partial charge is 0.253 e. The van der Waals surface area contributed by atoms with Crippen molar-refractivity contribution in [1.82, 2.24) is 50.6 Å². The van der Waals surface area contributed by atoms with E-state index in [2.05, 4.69) is 55.3 Å². The predicted octanol–water partition coefficient (Wildman–Crippen LogP) is 4.38. The van der Waals surface area contributed by atoms with Crippen molar-refractivity contribution in [2.45, 2.75) is 75.5 Å². The van der Waals surface area contributed by atoms with Gasteiger partial charge in [0, 0.05) is 48.3 Å². The number of tetrazole rings is 1. The largest absolute Gasteiger partial charge is 0.339 e. The summed E-state index contributed by atoms with van der Waals surface area (Å²) in [7, 11) is 3.67. The van der Waals surface area contributed by atoms with E-state index >= 15 is 0 Å². The summed E-state index contributed by atoms with van der Waals surface area (Å²) in [5.74, 6) is -0.0561. The van der Waals surface area contributed by atoms with Crippen LogP contribution in [0.1, 0.15) is 78.1 Å². The summed E-state index contributed by atoms with van der Waals surface area (Å²) in [5, 5.41) is 30.6. The quantitative estimate of drug-likeness (QED) is 0.146. The van der Waals surface area contributed by atoms with E-state index in [1.54, 1.807) is 46.1 Å². The van der Waals surface area contributed by atoms with Gasteiger partial charge in [-0.05, 0) is 119 Å². The van der Waals surface area contributed by atoms with Crippen molar-refractivity contribution in [3.05, 3.63) is 64.3 Å². The maximum absolute atomic E-state index is 12.7. The molecule has 7 rings (SSSR count). The summed E-state index contributed by atoms with van der Waals surface area (Å²) in [5.41, 5.74) is 12.1. The number of aromatic nitrogens is 8. The Kier molecular flexibility index (Phi) is 9.10. The minimum atomic E-state index is -0.0443. The van der Waals surface area contributed by atoms with Crippen molar-refractivity contribution in [3.8, 4) is 0 Å². The predicted molar refractivity (Wildman–Crippen MR) is 162 cm³/mol. The first-order valence-electron chi connectivity index (χ1n) is 15.2. The molecule has 0 unspecified atom stereocenters. The number of carbonyl (C=O) groups is 2. The number of rotatable bonds is 6. The number of benzene rings is 2. The van der Waals surface area contributed by atoms with Crippen LogP contribution in [0.3, 0.4) is 0 Å². The summed E-state index contributed by atoms with van der Waals surface area (Å²) >= 11 is 0. The van der Waals surface area contributed by atoms with Crippen molar-refractivity contribution < 1.29 is 18.8 Å². The lowest BCUT2D eigenvalue weighted by Gasteiger charge is -2.34. The van der Waals surface area contributed by atoms with Crippen molar-refractivity contribution in [1.29, 1.82) is 0 Å². The molecule has 17 heteroatoms. The minimum absolute atomic E-state index is 0.0118. The molecule has 2 aromatic carbocycles. The highest BCUT2D eigenvalue weighted by molar-refractivity contribution is 5.98. The Balaban J connectivity index is 0.000000162. The monoisotopic (exact) mass is 627 g/mol. The first-order chi connectivity index (χ1) is 22.4. The Bertz CT molecular complexity index is 1830. The summed E-state index contributed by atoms with van der Waals surface area (Å²) in [6.45, 7) is 0. The molecular formula is C29H33N13O4. The molecule has 0 spiro atoms. The van der Waals surface area contributed by atoms with Crippen LogP contribution in [0.5, 0.6) is 0 Å². The number of hydrogen-bond acceptors (Lipinski definition) is 12. The van der Waals surface area contributed by atoms with Gasteiger partial charge in [-0.2, -0.15) is 4.80 Å². The van der Waals surface area contributed by atoms with Gasteiger partial charge in [0.1, 0.15) is 22.1 Å². The van der Waals surface area contributed by atoms with Gasteiger partial charge < -0.3 is 9.80 Å². The van der Waals surface area contributed by atoms with E-state index in [0.717, 1.165) is 51.4 Å². The molecule has 46 heavy (non-hydrogen) atoms. The first-order valence-corrected chi connectivity index (χ1v) is 15.2. The molecule has 17 nitrogen and oxygen atoms in total. The van der Waals surface area contributed by atoms with Gasteiger partial charge in [0.2, 0.25) is 0 Å². The Labute approximate surface area is 262 Å². The molecule has 5 aromatic rings. The van der Waals surface area contributed by atoms with Crippen LogP contribution in [-0.4, -0.2) is 94.7 Å². The van der Waals surface area contributed by atoms with Crippen molar-refractivity contribution in [2.75, 3.05) is 14.1 Å². The second-order valence-corrected chi connectivity index (χ2v) is 11.7. The van der Waals surface area contributed by atoms with E-state index in [1.807, 2.05) is 19.0 Å². The maximum Gasteiger partial charge on any atom is 0.253 e. The number of hydrogen-bond donors (Lipinski definition) is 0. The number of amides is 2. The Hall–Kier alpha value is -5.44. The van der Waals surface area contributed by atoms with E-state index < -0.39 is 0 Å². The molecule has 2 amide bonds. The van der Waals surface area contributed by atoms with Crippen molar-refractivity contribution in [2.24, 2.45) is 5.11 Å². The van der Waals surface area contributed by atoms with Crippen LogP contribution in [0.2, 0.25) is 0 Å². The van der Waals surface area contributed by atoms with Gasteiger partial charge in [0.15, 0.2) is 6.33 Å². The van der Waals surface area contributed by atoms with Crippen molar-refractivity contribution in [3.63, 3.8) is 0 Å². The van der Waals surface area contributed by atoms with Gasteiger partial charge in [-0.3, -0.25) is 9.59 Å². The lowest BCUT2D eigenvalue weighted by molar-refractivity contribution is 0.0669. The average Bonchev–Trinajstić information content (AvgIpc) is 3.90. The van der Waals surface area contributed by atoms with Gasteiger partial charge in [0.25, 0.3) is 11.8 Å². The normalized spacial score (nSPS) is 21.2. The molecule has 0 saturated heterocycles. The third-order valence-electron chi connectivity index (χ3n) is 8.98. The zero-order valence-electron chi connectivity index (χ0n) is 25.5. The maximum atomic E-state index is 12.7. The molecule has 0 radical (unpaired) electrons. The molecule has 3 heterocycles. The van der Waals surface area contributed by atoms with Crippen LogP contribution in [-0.2, 0) is 0 Å². The minimum Gasteiger partial charge on any atom is -0.339 e. The molecule has 3 aromatic heterocycles. The molecule has 238 valence electrons. The van der Waals surface area contributed by atoms with Gasteiger partial charge in [-0.25, -0.2) is 9.26 Å². The molecule has 2 saturated carbocycles. The summed E-state index contributed by atoms with van der Waals surface area (Å²) in [4.78, 5) is 33.4. The Morgan fingerprint density at radius 1 is 0.783 bits per heavy atom. The van der Waals surface area contributed by atoms with Crippen LogP contribution in [0.4, 0.5) is 0 Å². The third-order valence-corrected chi connectivity index (χ3v) is 8.98. The van der Waals surface area contributed by atoms with Crippen molar-refractivity contribution >= 4 is 33.9 Å². The van der Waals surface area contributed by atoms with Crippen LogP contribution in [0, 0.1) is 0 Å². The highest BCUT2D eigenvalue weighted by Crippen LogP contribution is 2.30. The summed E-state index contributed by atoms with van der Waals surface area (Å²) in [6.07, 6.45) is 8.49. The van der Waals surface area contributed by atoms with Crippen LogP contribution in [0.15, 0.2) is 57.1 Å². The third kappa shape index (κ3) is 6.63. The lowest BCUT2D eigenvalue weighted by Crippen LogP contribution is -2.40. The van der Waals surface area contributed by atoms with Crippen LogP contribution in [0.25, 0.3) is 32.5 Å². The van der Waals surface area contributed by atoms with E-state index in [-0.39, 0.29) is 36.0 Å². The molecule has 0 bridgehead atoms. The molecule has 0 N–H and O–H groups in total. The summed E-state index contributed by atoms with van der Waals surface area (Å²) in [6, 6.07) is 11.1. The lowest BCUT2D eigenvalue weighted by atomic mass is 9.90. The van der Waals surface area contributed by atoms with Gasteiger partial charge in [-0.1, -0.05) is 5.11 Å². The zero-order chi connectivity index (χ0) is 32.0. The molecule has 2 aliphatic rings. The fourth-order valence-electron chi connectivity index (χ4n) is 6.22. The molecular weight excluding hydrogens is 594 g/mol. The highest BCUT2D eigenvalue weighted by atomic mass is 16.6. The number of nitrogens with zero attached hydrogens (tertiary/aromatic N) is 13. The van der Waals surface area contributed by atoms with E-state index in [4.69, 9.17) is 5.53 Å². The fourth-order valence-corrected chi connectivity index (χ4v) is 6.22. The fraction of sp³-hybridized carbons (Fsp3) is 0.483. The number of azide groups is 1. The zero-order valence-corrected chi connectivity index (χ0v) is 25.5. The molecule has 0 atom stereocenters. The average molecular weight is 628 g/mol. The second kappa shape index (κ2) is 13.7.